The van der Waals surface area contributed by atoms with Crippen LogP contribution in [-0.4, -0.2) is 36.1 Å². The number of carbonyl (C=O) groups excluding carboxylic acids is 1. The van der Waals surface area contributed by atoms with Crippen molar-refractivity contribution in [3.8, 4) is 0 Å². The first-order valence-corrected chi connectivity index (χ1v) is 7.17. The largest absolute Gasteiger partial charge is 0.480 e. The van der Waals surface area contributed by atoms with Crippen LogP contribution in [0.2, 0.25) is 0 Å². The van der Waals surface area contributed by atoms with Crippen LogP contribution < -0.4 is 10.6 Å². The number of piperidine rings is 1. The lowest BCUT2D eigenvalue weighted by Gasteiger charge is -2.37. The molecule has 0 spiro atoms. The second-order valence-corrected chi connectivity index (χ2v) is 5.81. The van der Waals surface area contributed by atoms with E-state index in [1.807, 2.05) is 13.8 Å². The van der Waals surface area contributed by atoms with Crippen LogP contribution in [0.15, 0.2) is 0 Å². The van der Waals surface area contributed by atoms with Gasteiger partial charge in [-0.25, -0.2) is 4.79 Å². The zero-order chi connectivity index (χ0) is 14.5. The topological polar surface area (TPSA) is 78.4 Å². The molecule has 0 aromatic carbocycles. The standard InChI is InChI=1S/C14H26N2O3/c1-4-5-14(6-8-15-9-7-14)13(19)16-11(10(2)3)12(17)18/h10-11,15H,4-9H2,1-3H3,(H,16,19)(H,17,18)/t11-/m0/s1. The number of hydrogen-bond donors (Lipinski definition) is 3. The summed E-state index contributed by atoms with van der Waals surface area (Å²) in [5.41, 5.74) is -0.386. The molecular weight excluding hydrogens is 244 g/mol. The molecule has 5 heteroatoms. The predicted molar refractivity (Wildman–Crippen MR) is 73.8 cm³/mol. The Morgan fingerprint density at radius 1 is 1.32 bits per heavy atom. The van der Waals surface area contributed by atoms with E-state index in [1.165, 1.54) is 0 Å². The minimum atomic E-state index is -0.955. The first kappa shape index (κ1) is 16.0. The van der Waals surface area contributed by atoms with Crippen LogP contribution in [0.4, 0.5) is 0 Å². The van der Waals surface area contributed by atoms with E-state index in [0.29, 0.717) is 0 Å². The van der Waals surface area contributed by atoms with E-state index in [0.717, 1.165) is 38.8 Å². The third kappa shape index (κ3) is 3.93. The van der Waals surface area contributed by atoms with Gasteiger partial charge in [-0.15, -0.1) is 0 Å². The minimum absolute atomic E-state index is 0.0862. The highest BCUT2D eigenvalue weighted by Gasteiger charge is 2.40. The van der Waals surface area contributed by atoms with Crippen molar-refractivity contribution in [2.75, 3.05) is 13.1 Å². The van der Waals surface area contributed by atoms with Gasteiger partial charge in [0.15, 0.2) is 0 Å². The van der Waals surface area contributed by atoms with Gasteiger partial charge < -0.3 is 15.7 Å². The molecule has 0 radical (unpaired) electrons. The van der Waals surface area contributed by atoms with E-state index in [4.69, 9.17) is 0 Å². The molecule has 110 valence electrons. The third-order valence-electron chi connectivity index (χ3n) is 3.99. The second kappa shape index (κ2) is 6.89. The van der Waals surface area contributed by atoms with E-state index in [-0.39, 0.29) is 17.2 Å². The van der Waals surface area contributed by atoms with Gasteiger partial charge in [0, 0.05) is 0 Å². The van der Waals surface area contributed by atoms with Crippen LogP contribution in [0, 0.1) is 11.3 Å². The number of rotatable bonds is 6. The maximum absolute atomic E-state index is 12.5. The summed E-state index contributed by atoms with van der Waals surface area (Å²) in [6, 6.07) is -0.795. The molecule has 0 bridgehead atoms. The van der Waals surface area contributed by atoms with Crippen molar-refractivity contribution in [1.82, 2.24) is 10.6 Å². The summed E-state index contributed by atoms with van der Waals surface area (Å²) in [5, 5.41) is 15.2. The fourth-order valence-electron chi connectivity index (χ4n) is 2.78. The number of amides is 1. The summed E-state index contributed by atoms with van der Waals surface area (Å²) >= 11 is 0. The van der Waals surface area contributed by atoms with E-state index < -0.39 is 12.0 Å². The summed E-state index contributed by atoms with van der Waals surface area (Å²) in [7, 11) is 0. The zero-order valence-electron chi connectivity index (χ0n) is 12.2. The summed E-state index contributed by atoms with van der Waals surface area (Å²) in [6.07, 6.45) is 3.34. The van der Waals surface area contributed by atoms with Crippen LogP contribution in [0.3, 0.4) is 0 Å². The predicted octanol–water partition coefficient (Wildman–Crippen LogP) is 1.38. The molecule has 1 aliphatic rings. The summed E-state index contributed by atoms with van der Waals surface area (Å²) in [6.45, 7) is 7.34. The van der Waals surface area contributed by atoms with Crippen LogP contribution in [0.1, 0.15) is 46.5 Å². The van der Waals surface area contributed by atoms with Gasteiger partial charge in [-0.2, -0.15) is 0 Å². The summed E-state index contributed by atoms with van der Waals surface area (Å²) < 4.78 is 0. The first-order valence-electron chi connectivity index (χ1n) is 7.17. The molecule has 1 rings (SSSR count). The van der Waals surface area contributed by atoms with E-state index in [2.05, 4.69) is 17.6 Å². The molecule has 1 aliphatic heterocycles. The molecule has 5 nitrogen and oxygen atoms in total. The van der Waals surface area contributed by atoms with Gasteiger partial charge in [0.05, 0.1) is 5.41 Å². The first-order chi connectivity index (χ1) is 8.93. The number of carbonyl (C=O) groups is 2. The smallest absolute Gasteiger partial charge is 0.326 e. The Kier molecular flexibility index (Phi) is 5.79. The average molecular weight is 270 g/mol. The number of carboxylic acid groups (broad SMARTS) is 1. The highest BCUT2D eigenvalue weighted by Crippen LogP contribution is 2.34. The molecule has 1 heterocycles. The Labute approximate surface area is 115 Å². The molecule has 3 N–H and O–H groups in total. The van der Waals surface area contributed by atoms with Gasteiger partial charge in [0.25, 0.3) is 0 Å². The SMILES string of the molecule is CCCC1(C(=O)N[C@H](C(=O)O)C(C)C)CCNCC1. The van der Waals surface area contributed by atoms with Crippen LogP contribution in [0.25, 0.3) is 0 Å². The summed E-state index contributed by atoms with van der Waals surface area (Å²) in [5.74, 6) is -1.15. The molecule has 1 saturated heterocycles. The van der Waals surface area contributed by atoms with Crippen molar-refractivity contribution in [3.63, 3.8) is 0 Å². The lowest BCUT2D eigenvalue weighted by Crippen LogP contribution is -2.53. The number of nitrogens with one attached hydrogen (secondary N) is 2. The van der Waals surface area contributed by atoms with Gasteiger partial charge in [-0.05, 0) is 38.3 Å². The summed E-state index contributed by atoms with van der Waals surface area (Å²) in [4.78, 5) is 23.7. The van der Waals surface area contributed by atoms with Crippen LogP contribution >= 0.6 is 0 Å². The molecule has 0 aromatic rings. The van der Waals surface area contributed by atoms with E-state index in [9.17, 15) is 14.7 Å². The fourth-order valence-corrected chi connectivity index (χ4v) is 2.78. The van der Waals surface area contributed by atoms with Gasteiger partial charge in [-0.3, -0.25) is 4.79 Å². The number of aliphatic carboxylic acids is 1. The normalized spacial score (nSPS) is 20.0. The van der Waals surface area contributed by atoms with Crippen LogP contribution in [0.5, 0.6) is 0 Å². The lowest BCUT2D eigenvalue weighted by atomic mass is 9.74. The average Bonchev–Trinajstić information content (AvgIpc) is 2.36. The van der Waals surface area contributed by atoms with Gasteiger partial charge in [-0.1, -0.05) is 27.2 Å². The molecule has 0 aliphatic carbocycles. The van der Waals surface area contributed by atoms with Gasteiger partial charge in [0.2, 0.25) is 5.91 Å². The van der Waals surface area contributed by atoms with E-state index >= 15 is 0 Å². The van der Waals surface area contributed by atoms with Crippen molar-refractivity contribution in [1.29, 1.82) is 0 Å². The molecule has 1 fully saturated rings. The van der Waals surface area contributed by atoms with Crippen molar-refractivity contribution in [3.05, 3.63) is 0 Å². The minimum Gasteiger partial charge on any atom is -0.480 e. The molecule has 0 aromatic heterocycles. The third-order valence-corrected chi connectivity index (χ3v) is 3.99. The zero-order valence-corrected chi connectivity index (χ0v) is 12.2. The second-order valence-electron chi connectivity index (χ2n) is 5.81. The molecule has 0 saturated carbocycles. The molecular formula is C14H26N2O3. The van der Waals surface area contributed by atoms with E-state index in [1.54, 1.807) is 0 Å². The van der Waals surface area contributed by atoms with Crippen molar-refractivity contribution in [2.45, 2.75) is 52.5 Å². The number of hydrogen-bond acceptors (Lipinski definition) is 3. The molecule has 1 atom stereocenters. The van der Waals surface area contributed by atoms with Gasteiger partial charge >= 0.3 is 5.97 Å². The molecule has 0 unspecified atom stereocenters. The Hall–Kier alpha value is -1.10. The molecule has 1 amide bonds. The number of carboxylic acids is 1. The quantitative estimate of drug-likeness (QED) is 0.681. The Morgan fingerprint density at radius 3 is 2.32 bits per heavy atom. The highest BCUT2D eigenvalue weighted by molar-refractivity contribution is 5.87. The monoisotopic (exact) mass is 270 g/mol. The van der Waals surface area contributed by atoms with Crippen molar-refractivity contribution >= 4 is 11.9 Å². The maximum Gasteiger partial charge on any atom is 0.326 e. The van der Waals surface area contributed by atoms with Crippen molar-refractivity contribution in [2.24, 2.45) is 11.3 Å². The lowest BCUT2D eigenvalue weighted by molar-refractivity contribution is -0.146. The maximum atomic E-state index is 12.5. The molecule has 19 heavy (non-hydrogen) atoms. The van der Waals surface area contributed by atoms with Crippen LogP contribution in [-0.2, 0) is 9.59 Å². The Bertz CT molecular complexity index is 317. The van der Waals surface area contributed by atoms with Crippen molar-refractivity contribution < 1.29 is 14.7 Å². The highest BCUT2D eigenvalue weighted by atomic mass is 16.4. The Morgan fingerprint density at radius 2 is 1.89 bits per heavy atom. The van der Waals surface area contributed by atoms with Gasteiger partial charge in [0.1, 0.15) is 6.04 Å². The fraction of sp³-hybridized carbons (Fsp3) is 0.857. The Balaban J connectivity index is 2.79.